The molecule has 36 heavy (non-hydrogen) atoms. The minimum atomic E-state index is -0.562. The van der Waals surface area contributed by atoms with E-state index in [0.717, 1.165) is 35.5 Å². The van der Waals surface area contributed by atoms with E-state index in [1.807, 2.05) is 34.9 Å². The first-order chi connectivity index (χ1) is 17.4. The number of cyclic esters (lactones) is 1. The van der Waals surface area contributed by atoms with Gasteiger partial charge in [-0.05, 0) is 43.3 Å². The summed E-state index contributed by atoms with van der Waals surface area (Å²) in [4.78, 5) is 33.3. The zero-order valence-corrected chi connectivity index (χ0v) is 20.9. The van der Waals surface area contributed by atoms with Gasteiger partial charge in [0.25, 0.3) is 5.91 Å². The molecular formula is C26H27FN4O4S. The number of aryl methyl sites for hydroxylation is 1. The maximum Gasteiger partial charge on any atom is 0.414 e. The molecule has 0 radical (unpaired) electrons. The van der Waals surface area contributed by atoms with Crippen molar-refractivity contribution in [3.63, 3.8) is 0 Å². The molecule has 3 heterocycles. The smallest absolute Gasteiger partial charge is 0.414 e. The summed E-state index contributed by atoms with van der Waals surface area (Å²) in [5.41, 5.74) is 2.75. The van der Waals surface area contributed by atoms with Crippen LogP contribution in [-0.4, -0.2) is 67.9 Å². The molecule has 0 aliphatic carbocycles. The normalized spacial score (nSPS) is 17.9. The number of amides is 2. The van der Waals surface area contributed by atoms with E-state index in [4.69, 9.17) is 9.47 Å². The van der Waals surface area contributed by atoms with Gasteiger partial charge in [-0.3, -0.25) is 14.7 Å². The highest BCUT2D eigenvalue weighted by molar-refractivity contribution is 7.99. The molecule has 2 aliphatic rings. The van der Waals surface area contributed by atoms with Crippen LogP contribution in [0.15, 0.2) is 42.5 Å². The number of nitrogens with one attached hydrogen (secondary N) is 1. The third-order valence-corrected chi connectivity index (χ3v) is 7.36. The Labute approximate surface area is 212 Å². The number of anilines is 2. The summed E-state index contributed by atoms with van der Waals surface area (Å²) in [6.45, 7) is 3.72. The number of aromatic nitrogens is 1. The van der Waals surface area contributed by atoms with Gasteiger partial charge in [-0.1, -0.05) is 0 Å². The number of carbonyl (C=O) groups excluding carboxylic acids is 2. The second-order valence-electron chi connectivity index (χ2n) is 8.74. The molecule has 1 aromatic heterocycles. The number of ether oxygens (including phenoxy) is 2. The molecule has 1 atom stereocenters. The molecule has 8 nitrogen and oxygen atoms in total. The second-order valence-corrected chi connectivity index (χ2v) is 9.97. The number of methoxy groups -OCH3 is 1. The monoisotopic (exact) mass is 510 g/mol. The van der Waals surface area contributed by atoms with Crippen molar-refractivity contribution in [2.75, 3.05) is 54.6 Å². The van der Waals surface area contributed by atoms with E-state index in [9.17, 15) is 14.0 Å². The first-order valence-corrected chi connectivity index (χ1v) is 12.9. The van der Waals surface area contributed by atoms with Gasteiger partial charge in [0.1, 0.15) is 17.7 Å². The number of fused-ring (bicyclic) bond motifs is 1. The van der Waals surface area contributed by atoms with Gasteiger partial charge >= 0.3 is 6.09 Å². The third kappa shape index (κ3) is 4.90. The molecule has 3 aromatic rings. The number of thioether (sulfide) groups is 1. The van der Waals surface area contributed by atoms with Crippen molar-refractivity contribution in [3.8, 4) is 5.75 Å². The Kier molecular flexibility index (Phi) is 6.86. The Morgan fingerprint density at radius 2 is 2.03 bits per heavy atom. The van der Waals surface area contributed by atoms with Crippen LogP contribution in [-0.2, 0) is 4.74 Å². The van der Waals surface area contributed by atoms with Gasteiger partial charge in [0, 0.05) is 36.0 Å². The summed E-state index contributed by atoms with van der Waals surface area (Å²) >= 11 is 1.86. The molecule has 2 amide bonds. The standard InChI is InChI=1S/C26H27FN4O4S/c1-16-21(11-17-3-5-19(34-2)13-23(17)29-16)25(32)28-14-20-15-31(26(33)35-20)18-4-6-24(22(27)12-18)30-7-9-36-10-8-30/h3-6,11-13,20H,7-10,14-15H2,1-2H3,(H,28,32)/t20-/m0/s1. The van der Waals surface area contributed by atoms with Crippen molar-refractivity contribution >= 4 is 46.0 Å². The highest BCUT2D eigenvalue weighted by atomic mass is 32.2. The molecule has 10 heteroatoms. The van der Waals surface area contributed by atoms with Crippen LogP contribution in [0.5, 0.6) is 5.75 Å². The Hall–Kier alpha value is -3.53. The molecule has 1 N–H and O–H groups in total. The molecule has 2 aromatic carbocycles. The molecule has 0 spiro atoms. The maximum atomic E-state index is 14.8. The molecule has 0 bridgehead atoms. The van der Waals surface area contributed by atoms with E-state index in [1.54, 1.807) is 32.2 Å². The predicted octanol–water partition coefficient (Wildman–Crippen LogP) is 4.00. The minimum absolute atomic E-state index is 0.132. The van der Waals surface area contributed by atoms with Gasteiger partial charge in [0.05, 0.1) is 48.3 Å². The summed E-state index contributed by atoms with van der Waals surface area (Å²) in [5, 5.41) is 3.65. The average molecular weight is 511 g/mol. The highest BCUT2D eigenvalue weighted by Gasteiger charge is 2.33. The topological polar surface area (TPSA) is 84.0 Å². The number of pyridine rings is 1. The van der Waals surface area contributed by atoms with Crippen molar-refractivity contribution in [3.05, 3.63) is 59.5 Å². The van der Waals surface area contributed by atoms with E-state index >= 15 is 0 Å². The van der Waals surface area contributed by atoms with Crippen molar-refractivity contribution in [1.29, 1.82) is 0 Å². The number of nitrogens with zero attached hydrogens (tertiary/aromatic N) is 3. The predicted molar refractivity (Wildman–Crippen MR) is 139 cm³/mol. The van der Waals surface area contributed by atoms with Gasteiger partial charge in [-0.25, -0.2) is 9.18 Å². The molecule has 2 aliphatic heterocycles. The van der Waals surface area contributed by atoms with Crippen LogP contribution in [0.1, 0.15) is 16.1 Å². The highest BCUT2D eigenvalue weighted by Crippen LogP contribution is 2.29. The van der Waals surface area contributed by atoms with Crippen molar-refractivity contribution in [2.24, 2.45) is 0 Å². The lowest BCUT2D eigenvalue weighted by molar-refractivity contribution is 0.0915. The SMILES string of the molecule is COc1ccc2cc(C(=O)NC[C@H]3CN(c4ccc(N5CCSCC5)c(F)c4)C(=O)O3)c(C)nc2c1. The zero-order valence-electron chi connectivity index (χ0n) is 20.1. The van der Waals surface area contributed by atoms with Gasteiger partial charge in [-0.2, -0.15) is 11.8 Å². The van der Waals surface area contributed by atoms with E-state index < -0.39 is 12.2 Å². The van der Waals surface area contributed by atoms with Crippen LogP contribution in [0.4, 0.5) is 20.6 Å². The molecule has 0 saturated carbocycles. The number of carbonyl (C=O) groups is 2. The van der Waals surface area contributed by atoms with Gasteiger partial charge in [0.15, 0.2) is 0 Å². The summed E-state index contributed by atoms with van der Waals surface area (Å²) in [5.74, 6) is 1.97. The second kappa shape index (κ2) is 10.2. The number of benzene rings is 2. The fraction of sp³-hybridized carbons (Fsp3) is 0.346. The quantitative estimate of drug-likeness (QED) is 0.537. The molecule has 188 valence electrons. The van der Waals surface area contributed by atoms with Gasteiger partial charge in [0.2, 0.25) is 0 Å². The van der Waals surface area contributed by atoms with Crippen LogP contribution in [0.2, 0.25) is 0 Å². The Morgan fingerprint density at radius 3 is 2.78 bits per heavy atom. The van der Waals surface area contributed by atoms with Crippen molar-refractivity contribution in [1.82, 2.24) is 10.3 Å². The van der Waals surface area contributed by atoms with Crippen molar-refractivity contribution < 1.29 is 23.5 Å². The summed E-state index contributed by atoms with van der Waals surface area (Å²) in [6.07, 6.45) is -1.12. The van der Waals surface area contributed by atoms with Crippen LogP contribution in [0.25, 0.3) is 10.9 Å². The maximum absolute atomic E-state index is 14.8. The summed E-state index contributed by atoms with van der Waals surface area (Å²) < 4.78 is 25.5. The fourth-order valence-electron chi connectivity index (χ4n) is 4.46. The van der Waals surface area contributed by atoms with Crippen LogP contribution in [0.3, 0.4) is 0 Å². The van der Waals surface area contributed by atoms with E-state index in [2.05, 4.69) is 10.3 Å². The first-order valence-electron chi connectivity index (χ1n) is 11.8. The Balaban J connectivity index is 1.23. The lowest BCUT2D eigenvalue weighted by Gasteiger charge is -2.29. The van der Waals surface area contributed by atoms with E-state index in [0.29, 0.717) is 28.4 Å². The van der Waals surface area contributed by atoms with Crippen LogP contribution >= 0.6 is 11.8 Å². The largest absolute Gasteiger partial charge is 0.497 e. The number of rotatable bonds is 6. The Morgan fingerprint density at radius 1 is 1.22 bits per heavy atom. The number of hydrogen-bond donors (Lipinski definition) is 1. The molecule has 2 fully saturated rings. The van der Waals surface area contributed by atoms with Gasteiger partial charge in [-0.15, -0.1) is 0 Å². The summed E-state index contributed by atoms with van der Waals surface area (Å²) in [7, 11) is 1.59. The average Bonchev–Trinajstić information content (AvgIpc) is 3.27. The molecule has 5 rings (SSSR count). The van der Waals surface area contributed by atoms with Gasteiger partial charge < -0.3 is 19.7 Å². The lowest BCUT2D eigenvalue weighted by Crippen LogP contribution is -2.35. The third-order valence-electron chi connectivity index (χ3n) is 6.42. The Bertz CT molecular complexity index is 1310. The zero-order chi connectivity index (χ0) is 25.2. The van der Waals surface area contributed by atoms with Crippen molar-refractivity contribution in [2.45, 2.75) is 13.0 Å². The van der Waals surface area contributed by atoms with Crippen LogP contribution < -0.4 is 19.9 Å². The first kappa shape index (κ1) is 24.2. The molecule has 0 unspecified atom stereocenters. The summed E-state index contributed by atoms with van der Waals surface area (Å²) in [6, 6.07) is 12.1. The van der Waals surface area contributed by atoms with E-state index in [1.165, 1.54) is 11.0 Å². The van der Waals surface area contributed by atoms with Crippen LogP contribution in [0, 0.1) is 12.7 Å². The number of hydrogen-bond acceptors (Lipinski definition) is 7. The number of halogens is 1. The lowest BCUT2D eigenvalue weighted by atomic mass is 10.1. The fourth-order valence-corrected chi connectivity index (χ4v) is 5.37. The molecule has 2 saturated heterocycles. The van der Waals surface area contributed by atoms with E-state index in [-0.39, 0.29) is 24.8 Å². The molecular weight excluding hydrogens is 483 g/mol. The minimum Gasteiger partial charge on any atom is -0.497 e.